The van der Waals surface area contributed by atoms with E-state index < -0.39 is 23.2 Å². The van der Waals surface area contributed by atoms with E-state index in [1.54, 1.807) is 0 Å². The zero-order chi connectivity index (χ0) is 13.3. The van der Waals surface area contributed by atoms with Crippen molar-refractivity contribution in [2.75, 3.05) is 5.32 Å². The minimum Gasteiger partial charge on any atom is -0.480 e. The van der Waals surface area contributed by atoms with Gasteiger partial charge in [-0.05, 0) is 31.4 Å². The van der Waals surface area contributed by atoms with Gasteiger partial charge >= 0.3 is 5.97 Å². The van der Waals surface area contributed by atoms with Crippen LogP contribution in [0.2, 0.25) is 0 Å². The van der Waals surface area contributed by atoms with E-state index in [1.165, 1.54) is 12.1 Å². The van der Waals surface area contributed by atoms with Gasteiger partial charge in [0.2, 0.25) is 0 Å². The Balaban J connectivity index is 2.37. The molecule has 0 saturated heterocycles. The summed E-state index contributed by atoms with van der Waals surface area (Å²) in [6, 6.07) is 3.96. The number of amides is 1. The normalized spacial score (nSPS) is 16.7. The minimum atomic E-state index is -1.11. The van der Waals surface area contributed by atoms with Crippen LogP contribution in [-0.4, -0.2) is 22.5 Å². The molecule has 1 aliphatic rings. The van der Waals surface area contributed by atoms with Crippen LogP contribution in [0.25, 0.3) is 0 Å². The van der Waals surface area contributed by atoms with Gasteiger partial charge in [-0.3, -0.25) is 4.79 Å². The number of carbonyl (C=O) groups excluding carboxylic acids is 1. The largest absolute Gasteiger partial charge is 0.480 e. The van der Waals surface area contributed by atoms with Crippen LogP contribution in [0.5, 0.6) is 0 Å². The Morgan fingerprint density at radius 1 is 1.39 bits per heavy atom. The fourth-order valence-electron chi connectivity index (χ4n) is 2.06. The standard InChI is InChI=1S/C12H13FN2O3/c13-7-3-1-4-8(9(7)10(14)16)15-12(11(17)18)5-2-6-12/h1,3-4,15H,2,5-6H2,(H2,14,16)(H,17,18). The SMILES string of the molecule is NC(=O)c1c(F)cccc1NC1(C(=O)O)CCC1. The lowest BCUT2D eigenvalue weighted by atomic mass is 9.76. The maximum atomic E-state index is 13.5. The summed E-state index contributed by atoms with van der Waals surface area (Å²) in [7, 11) is 0. The zero-order valence-corrected chi connectivity index (χ0v) is 9.57. The summed E-state index contributed by atoms with van der Waals surface area (Å²) in [5, 5.41) is 11.9. The smallest absolute Gasteiger partial charge is 0.329 e. The summed E-state index contributed by atoms with van der Waals surface area (Å²) >= 11 is 0. The van der Waals surface area contributed by atoms with Gasteiger partial charge in [0, 0.05) is 0 Å². The molecule has 0 atom stereocenters. The van der Waals surface area contributed by atoms with E-state index in [-0.39, 0.29) is 11.3 Å². The van der Waals surface area contributed by atoms with E-state index in [1.807, 2.05) is 0 Å². The lowest BCUT2D eigenvalue weighted by Gasteiger charge is -2.39. The number of rotatable bonds is 4. The molecule has 1 aromatic rings. The topological polar surface area (TPSA) is 92.4 Å². The molecule has 1 fully saturated rings. The molecule has 2 rings (SSSR count). The van der Waals surface area contributed by atoms with E-state index in [0.717, 1.165) is 12.5 Å². The number of aliphatic carboxylic acids is 1. The summed E-state index contributed by atoms with van der Waals surface area (Å²) in [6.07, 6.45) is 1.66. The van der Waals surface area contributed by atoms with Gasteiger partial charge in [-0.2, -0.15) is 0 Å². The Kier molecular flexibility index (Phi) is 2.94. The summed E-state index contributed by atoms with van der Waals surface area (Å²) < 4.78 is 13.5. The van der Waals surface area contributed by atoms with Gasteiger partial charge in [-0.15, -0.1) is 0 Å². The van der Waals surface area contributed by atoms with Crippen LogP contribution in [0.4, 0.5) is 10.1 Å². The summed E-state index contributed by atoms with van der Waals surface area (Å²) in [5.74, 6) is -2.68. The predicted octanol–water partition coefficient (Wildman–Crippen LogP) is 1.34. The van der Waals surface area contributed by atoms with E-state index in [9.17, 15) is 19.1 Å². The molecule has 0 radical (unpaired) electrons. The third kappa shape index (κ3) is 1.90. The minimum absolute atomic E-state index is 0.129. The molecule has 0 heterocycles. The molecule has 0 unspecified atom stereocenters. The predicted molar refractivity (Wildman–Crippen MR) is 62.8 cm³/mol. The second kappa shape index (κ2) is 4.29. The second-order valence-corrected chi connectivity index (χ2v) is 4.39. The quantitative estimate of drug-likeness (QED) is 0.754. The number of benzene rings is 1. The fraction of sp³-hybridized carbons (Fsp3) is 0.333. The van der Waals surface area contributed by atoms with Gasteiger partial charge in [0.15, 0.2) is 0 Å². The molecule has 5 nitrogen and oxygen atoms in total. The van der Waals surface area contributed by atoms with Crippen LogP contribution >= 0.6 is 0 Å². The van der Waals surface area contributed by atoms with Crippen LogP contribution in [0.3, 0.4) is 0 Å². The molecular formula is C12H13FN2O3. The van der Waals surface area contributed by atoms with Crippen molar-refractivity contribution in [1.82, 2.24) is 0 Å². The molecule has 1 aliphatic carbocycles. The van der Waals surface area contributed by atoms with Gasteiger partial charge < -0.3 is 16.2 Å². The molecule has 1 saturated carbocycles. The lowest BCUT2D eigenvalue weighted by molar-refractivity contribution is -0.145. The third-order valence-corrected chi connectivity index (χ3v) is 3.25. The first-order chi connectivity index (χ1) is 8.46. The molecule has 1 amide bonds. The number of nitrogens with two attached hydrogens (primary N) is 1. The first-order valence-electron chi connectivity index (χ1n) is 5.56. The van der Waals surface area contributed by atoms with Crippen molar-refractivity contribution in [2.45, 2.75) is 24.8 Å². The molecule has 0 bridgehead atoms. The van der Waals surface area contributed by atoms with E-state index in [0.29, 0.717) is 12.8 Å². The Morgan fingerprint density at radius 2 is 2.06 bits per heavy atom. The highest BCUT2D eigenvalue weighted by molar-refractivity contribution is 5.99. The Hall–Kier alpha value is -2.11. The molecule has 96 valence electrons. The summed E-state index contributed by atoms with van der Waals surface area (Å²) in [4.78, 5) is 22.4. The van der Waals surface area contributed by atoms with Crippen molar-refractivity contribution in [3.63, 3.8) is 0 Å². The first-order valence-corrected chi connectivity index (χ1v) is 5.56. The molecule has 0 aliphatic heterocycles. The Morgan fingerprint density at radius 3 is 2.50 bits per heavy atom. The van der Waals surface area contributed by atoms with Gasteiger partial charge in [0.1, 0.15) is 11.4 Å². The van der Waals surface area contributed by atoms with Crippen LogP contribution < -0.4 is 11.1 Å². The van der Waals surface area contributed by atoms with Gasteiger partial charge in [-0.1, -0.05) is 6.07 Å². The maximum absolute atomic E-state index is 13.5. The summed E-state index contributed by atoms with van der Waals surface area (Å²) in [5.41, 5.74) is 3.82. The molecule has 6 heteroatoms. The van der Waals surface area contributed by atoms with Crippen LogP contribution in [0, 0.1) is 5.82 Å². The monoisotopic (exact) mass is 252 g/mol. The number of hydrogen-bond donors (Lipinski definition) is 3. The van der Waals surface area contributed by atoms with E-state index >= 15 is 0 Å². The summed E-state index contributed by atoms with van der Waals surface area (Å²) in [6.45, 7) is 0. The van der Waals surface area contributed by atoms with Crippen molar-refractivity contribution >= 4 is 17.6 Å². The van der Waals surface area contributed by atoms with Crippen molar-refractivity contribution in [1.29, 1.82) is 0 Å². The molecule has 0 spiro atoms. The van der Waals surface area contributed by atoms with Crippen molar-refractivity contribution in [3.05, 3.63) is 29.6 Å². The molecular weight excluding hydrogens is 239 g/mol. The Labute approximate surface area is 103 Å². The number of carboxylic acids is 1. The van der Waals surface area contributed by atoms with Crippen LogP contribution in [0.1, 0.15) is 29.6 Å². The lowest BCUT2D eigenvalue weighted by Crippen LogP contribution is -2.52. The highest BCUT2D eigenvalue weighted by Crippen LogP contribution is 2.36. The van der Waals surface area contributed by atoms with Gasteiger partial charge in [0.25, 0.3) is 5.91 Å². The molecule has 0 aromatic heterocycles. The number of halogens is 1. The highest BCUT2D eigenvalue weighted by Gasteiger charge is 2.45. The Bertz CT molecular complexity index is 512. The van der Waals surface area contributed by atoms with E-state index in [2.05, 4.69) is 5.32 Å². The number of carbonyl (C=O) groups is 2. The first kappa shape index (κ1) is 12.3. The number of primary amides is 1. The maximum Gasteiger partial charge on any atom is 0.329 e. The van der Waals surface area contributed by atoms with Crippen molar-refractivity contribution < 1.29 is 19.1 Å². The van der Waals surface area contributed by atoms with Gasteiger partial charge in [0.05, 0.1) is 11.3 Å². The number of carboxylic acid groups (broad SMARTS) is 1. The molecule has 18 heavy (non-hydrogen) atoms. The van der Waals surface area contributed by atoms with Crippen LogP contribution in [-0.2, 0) is 4.79 Å². The number of anilines is 1. The second-order valence-electron chi connectivity index (χ2n) is 4.39. The highest BCUT2D eigenvalue weighted by atomic mass is 19.1. The average molecular weight is 252 g/mol. The zero-order valence-electron chi connectivity index (χ0n) is 9.57. The van der Waals surface area contributed by atoms with Crippen molar-refractivity contribution in [2.24, 2.45) is 5.73 Å². The fourth-order valence-corrected chi connectivity index (χ4v) is 2.06. The molecule has 1 aromatic carbocycles. The van der Waals surface area contributed by atoms with E-state index in [4.69, 9.17) is 5.73 Å². The third-order valence-electron chi connectivity index (χ3n) is 3.25. The number of hydrogen-bond acceptors (Lipinski definition) is 3. The average Bonchev–Trinajstić information content (AvgIpc) is 2.22. The number of nitrogens with one attached hydrogen (secondary N) is 1. The van der Waals surface area contributed by atoms with Crippen molar-refractivity contribution in [3.8, 4) is 0 Å². The van der Waals surface area contributed by atoms with Crippen LogP contribution in [0.15, 0.2) is 18.2 Å². The molecule has 4 N–H and O–H groups in total. The van der Waals surface area contributed by atoms with Gasteiger partial charge in [-0.25, -0.2) is 9.18 Å².